The number of hydrogen-bond donors (Lipinski definition) is 2. The Bertz CT molecular complexity index is 657. The van der Waals surface area contributed by atoms with E-state index in [-0.39, 0.29) is 18.2 Å². The number of nitrogens with zero attached hydrogens (tertiary/aromatic N) is 1. The lowest BCUT2D eigenvalue weighted by atomic mass is 10.0. The predicted octanol–water partition coefficient (Wildman–Crippen LogP) is 1.88. The van der Waals surface area contributed by atoms with Crippen molar-refractivity contribution in [3.63, 3.8) is 0 Å². The van der Waals surface area contributed by atoms with Crippen LogP contribution in [-0.2, 0) is 0 Å². The lowest BCUT2D eigenvalue weighted by Gasteiger charge is -2.13. The molecule has 2 aromatic rings. The van der Waals surface area contributed by atoms with Gasteiger partial charge in [-0.25, -0.2) is 0 Å². The SMILES string of the molecule is O=[N+]([O-])C1=Cc2c(ccc3c[nH]c(O)c23)OC1. The fraction of sp³-hybridized carbons (Fsp3) is 0.0909. The lowest BCUT2D eigenvalue weighted by molar-refractivity contribution is -0.427. The smallest absolute Gasteiger partial charge is 0.284 e. The van der Waals surface area contributed by atoms with Crippen LogP contribution in [0.25, 0.3) is 16.8 Å². The lowest BCUT2D eigenvalue weighted by Crippen LogP contribution is -2.13. The van der Waals surface area contributed by atoms with Gasteiger partial charge in [0.1, 0.15) is 5.75 Å². The Morgan fingerprint density at radius 2 is 2.29 bits per heavy atom. The van der Waals surface area contributed by atoms with Gasteiger partial charge in [0.15, 0.2) is 12.5 Å². The van der Waals surface area contributed by atoms with E-state index in [1.807, 2.05) is 0 Å². The number of hydrogen-bond acceptors (Lipinski definition) is 4. The molecule has 0 saturated carbocycles. The summed E-state index contributed by atoms with van der Waals surface area (Å²) in [5, 5.41) is 21.7. The third kappa shape index (κ3) is 1.34. The molecular formula is C11H8N2O4. The number of aromatic amines is 1. The molecule has 3 rings (SSSR count). The summed E-state index contributed by atoms with van der Waals surface area (Å²) in [6.07, 6.45) is 3.08. The third-order valence-electron chi connectivity index (χ3n) is 2.76. The number of H-pyrrole nitrogens is 1. The second-order valence-electron chi connectivity index (χ2n) is 3.76. The van der Waals surface area contributed by atoms with Gasteiger partial charge < -0.3 is 14.8 Å². The van der Waals surface area contributed by atoms with Crippen LogP contribution in [-0.4, -0.2) is 21.6 Å². The molecule has 0 spiro atoms. The van der Waals surface area contributed by atoms with Crippen molar-refractivity contribution in [2.45, 2.75) is 0 Å². The molecule has 0 radical (unpaired) electrons. The van der Waals surface area contributed by atoms with E-state index in [1.54, 1.807) is 18.3 Å². The number of nitrogens with one attached hydrogen (secondary N) is 1. The largest absolute Gasteiger partial charge is 0.494 e. The molecule has 86 valence electrons. The first-order valence-electron chi connectivity index (χ1n) is 4.97. The van der Waals surface area contributed by atoms with Gasteiger partial charge in [-0.2, -0.15) is 0 Å². The van der Waals surface area contributed by atoms with Crippen molar-refractivity contribution >= 4 is 16.8 Å². The molecule has 0 saturated heterocycles. The van der Waals surface area contributed by atoms with Crippen LogP contribution >= 0.6 is 0 Å². The molecule has 0 bridgehead atoms. The van der Waals surface area contributed by atoms with Crippen LogP contribution in [0.2, 0.25) is 0 Å². The molecule has 0 amide bonds. The van der Waals surface area contributed by atoms with Gasteiger partial charge in [0.25, 0.3) is 5.70 Å². The highest BCUT2D eigenvalue weighted by Gasteiger charge is 2.22. The molecule has 0 atom stereocenters. The van der Waals surface area contributed by atoms with E-state index in [2.05, 4.69) is 4.98 Å². The van der Waals surface area contributed by atoms with Gasteiger partial charge in [-0.05, 0) is 12.1 Å². The fourth-order valence-electron chi connectivity index (χ4n) is 1.95. The predicted molar refractivity (Wildman–Crippen MR) is 60.4 cm³/mol. The van der Waals surface area contributed by atoms with E-state index in [0.717, 1.165) is 5.39 Å². The summed E-state index contributed by atoms with van der Waals surface area (Å²) in [5.41, 5.74) is 0.518. The molecule has 0 fully saturated rings. The molecule has 0 aliphatic carbocycles. The molecule has 1 aliphatic heterocycles. The summed E-state index contributed by atoms with van der Waals surface area (Å²) in [6.45, 7) is -0.0588. The van der Waals surface area contributed by atoms with Crippen LogP contribution in [0.15, 0.2) is 24.0 Å². The van der Waals surface area contributed by atoms with E-state index < -0.39 is 4.92 Å². The minimum atomic E-state index is -0.481. The van der Waals surface area contributed by atoms with Crippen LogP contribution in [0, 0.1) is 10.1 Å². The van der Waals surface area contributed by atoms with Crippen molar-refractivity contribution in [3.05, 3.63) is 39.7 Å². The van der Waals surface area contributed by atoms with Crippen LogP contribution in [0.4, 0.5) is 0 Å². The van der Waals surface area contributed by atoms with E-state index >= 15 is 0 Å². The van der Waals surface area contributed by atoms with Crippen LogP contribution in [0.1, 0.15) is 5.56 Å². The monoisotopic (exact) mass is 232 g/mol. The molecule has 17 heavy (non-hydrogen) atoms. The second-order valence-corrected chi connectivity index (χ2v) is 3.76. The number of aromatic hydroxyl groups is 1. The highest BCUT2D eigenvalue weighted by atomic mass is 16.6. The Balaban J connectivity index is 2.32. The number of aromatic nitrogens is 1. The average Bonchev–Trinajstić information content (AvgIpc) is 2.70. The highest BCUT2D eigenvalue weighted by Crippen LogP contribution is 2.37. The average molecular weight is 232 g/mol. The van der Waals surface area contributed by atoms with Gasteiger partial charge in [0.05, 0.1) is 10.3 Å². The Morgan fingerprint density at radius 1 is 1.47 bits per heavy atom. The van der Waals surface area contributed by atoms with Gasteiger partial charge in [0, 0.05) is 23.2 Å². The van der Waals surface area contributed by atoms with Crippen LogP contribution in [0.5, 0.6) is 11.6 Å². The van der Waals surface area contributed by atoms with Gasteiger partial charge in [-0.15, -0.1) is 0 Å². The molecule has 6 heteroatoms. The molecular weight excluding hydrogens is 224 g/mol. The van der Waals surface area contributed by atoms with Crippen molar-refractivity contribution in [3.8, 4) is 11.6 Å². The molecule has 2 N–H and O–H groups in total. The van der Waals surface area contributed by atoms with Gasteiger partial charge >= 0.3 is 0 Å². The van der Waals surface area contributed by atoms with E-state index in [9.17, 15) is 15.2 Å². The van der Waals surface area contributed by atoms with Gasteiger partial charge in [-0.1, -0.05) is 0 Å². The molecule has 0 unspecified atom stereocenters. The first-order valence-corrected chi connectivity index (χ1v) is 4.97. The van der Waals surface area contributed by atoms with E-state index in [4.69, 9.17) is 4.74 Å². The number of benzene rings is 1. The number of ether oxygens (including phenoxy) is 1. The van der Waals surface area contributed by atoms with Gasteiger partial charge in [-0.3, -0.25) is 10.1 Å². The summed E-state index contributed by atoms with van der Waals surface area (Å²) in [5.74, 6) is 0.527. The third-order valence-corrected chi connectivity index (χ3v) is 2.76. The van der Waals surface area contributed by atoms with E-state index in [1.165, 1.54) is 6.08 Å². The Hall–Kier alpha value is -2.50. The number of nitro groups is 1. The van der Waals surface area contributed by atoms with Crippen molar-refractivity contribution in [1.82, 2.24) is 4.98 Å². The Kier molecular flexibility index (Phi) is 1.85. The maximum absolute atomic E-state index is 10.7. The standard InChI is InChI=1S/C11H8N2O4/c14-11-10-6(4-12-11)1-2-9-8(10)3-7(5-17-9)13(15)16/h1-4,12,14H,5H2. The van der Waals surface area contributed by atoms with Crippen molar-refractivity contribution < 1.29 is 14.8 Å². The zero-order valence-corrected chi connectivity index (χ0v) is 8.64. The first kappa shape index (κ1) is 9.71. The van der Waals surface area contributed by atoms with Crippen molar-refractivity contribution in [2.24, 2.45) is 0 Å². The molecule has 1 aromatic carbocycles. The summed E-state index contributed by atoms with van der Waals surface area (Å²) in [4.78, 5) is 12.9. The topological polar surface area (TPSA) is 88.4 Å². The molecule has 6 nitrogen and oxygen atoms in total. The quantitative estimate of drug-likeness (QED) is 0.580. The maximum Gasteiger partial charge on any atom is 0.284 e. The summed E-state index contributed by atoms with van der Waals surface area (Å²) in [6, 6.07) is 3.52. The Morgan fingerprint density at radius 3 is 3.06 bits per heavy atom. The Labute approximate surface area is 95.3 Å². The minimum Gasteiger partial charge on any atom is -0.494 e. The van der Waals surface area contributed by atoms with Gasteiger partial charge in [0.2, 0.25) is 0 Å². The summed E-state index contributed by atoms with van der Waals surface area (Å²) in [7, 11) is 0. The second kappa shape index (κ2) is 3.24. The van der Waals surface area contributed by atoms with E-state index in [0.29, 0.717) is 16.7 Å². The highest BCUT2D eigenvalue weighted by molar-refractivity contribution is 5.97. The summed E-state index contributed by atoms with van der Waals surface area (Å²) >= 11 is 0. The normalized spacial score (nSPS) is 14.0. The van der Waals surface area contributed by atoms with Crippen molar-refractivity contribution in [1.29, 1.82) is 0 Å². The van der Waals surface area contributed by atoms with Crippen molar-refractivity contribution in [2.75, 3.05) is 6.61 Å². The molecule has 1 aliphatic rings. The molecule has 2 heterocycles. The number of rotatable bonds is 1. The zero-order chi connectivity index (χ0) is 12.0. The molecule has 1 aromatic heterocycles. The number of fused-ring (bicyclic) bond motifs is 3. The van der Waals surface area contributed by atoms with Crippen LogP contribution < -0.4 is 4.74 Å². The fourth-order valence-corrected chi connectivity index (χ4v) is 1.95. The summed E-state index contributed by atoms with van der Waals surface area (Å²) < 4.78 is 5.29. The first-order chi connectivity index (χ1) is 8.16. The minimum absolute atomic E-state index is 0.0127. The van der Waals surface area contributed by atoms with Crippen LogP contribution in [0.3, 0.4) is 0 Å². The maximum atomic E-state index is 10.7. The zero-order valence-electron chi connectivity index (χ0n) is 8.64.